The number of nitrogens with two attached hydrogens (primary N) is 1. The molecule has 0 bridgehead atoms. The lowest BCUT2D eigenvalue weighted by molar-refractivity contribution is -0.131. The van der Waals surface area contributed by atoms with Gasteiger partial charge in [-0.15, -0.1) is 12.4 Å². The van der Waals surface area contributed by atoms with Gasteiger partial charge < -0.3 is 15.5 Å². The maximum atomic E-state index is 12.5. The molecule has 2 amide bonds. The molecular formula is C19H21Cl2N3O2. The van der Waals surface area contributed by atoms with Gasteiger partial charge in [0.05, 0.1) is 12.0 Å². The fraction of sp³-hybridized carbons (Fsp3) is 0.263. The Morgan fingerprint density at radius 1 is 0.923 bits per heavy atom. The van der Waals surface area contributed by atoms with Crippen LogP contribution in [0.3, 0.4) is 0 Å². The van der Waals surface area contributed by atoms with Gasteiger partial charge in [0, 0.05) is 36.9 Å². The molecule has 1 saturated heterocycles. The summed E-state index contributed by atoms with van der Waals surface area (Å²) in [4.78, 5) is 28.5. The van der Waals surface area contributed by atoms with Crippen molar-refractivity contribution in [2.75, 3.05) is 31.9 Å². The second-order valence-electron chi connectivity index (χ2n) is 6.06. The van der Waals surface area contributed by atoms with E-state index in [1.807, 2.05) is 12.1 Å². The number of halogens is 2. The fourth-order valence-corrected chi connectivity index (χ4v) is 3.04. The van der Waals surface area contributed by atoms with Crippen molar-refractivity contribution in [1.29, 1.82) is 0 Å². The van der Waals surface area contributed by atoms with E-state index in [0.29, 0.717) is 48.9 Å². The van der Waals surface area contributed by atoms with Gasteiger partial charge in [0.25, 0.3) is 5.91 Å². The number of nitrogens with zero attached hydrogens (tertiary/aromatic N) is 2. The molecule has 0 saturated carbocycles. The third-order valence-electron chi connectivity index (χ3n) is 4.38. The average molecular weight is 394 g/mol. The lowest BCUT2D eigenvalue weighted by atomic mass is 10.1. The van der Waals surface area contributed by atoms with Gasteiger partial charge in [0.2, 0.25) is 5.91 Å². The number of anilines is 1. The Morgan fingerprint density at radius 2 is 1.50 bits per heavy atom. The highest BCUT2D eigenvalue weighted by molar-refractivity contribution is 6.30. The van der Waals surface area contributed by atoms with Crippen molar-refractivity contribution in [1.82, 2.24) is 9.80 Å². The summed E-state index contributed by atoms with van der Waals surface area (Å²) in [6.07, 6.45) is 0.344. The van der Waals surface area contributed by atoms with Gasteiger partial charge in [-0.25, -0.2) is 0 Å². The van der Waals surface area contributed by atoms with Gasteiger partial charge in [-0.3, -0.25) is 9.59 Å². The van der Waals surface area contributed by atoms with E-state index in [2.05, 4.69) is 0 Å². The highest BCUT2D eigenvalue weighted by atomic mass is 35.5. The first-order valence-electron chi connectivity index (χ1n) is 8.20. The molecule has 26 heavy (non-hydrogen) atoms. The molecule has 0 unspecified atom stereocenters. The van der Waals surface area contributed by atoms with Gasteiger partial charge in [0.1, 0.15) is 0 Å². The SMILES string of the molecule is Cl.Nc1ccccc1C(=O)N1CCN(C(=O)Cc2ccc(Cl)cc2)CC1. The summed E-state index contributed by atoms with van der Waals surface area (Å²) >= 11 is 5.86. The topological polar surface area (TPSA) is 66.6 Å². The number of benzene rings is 2. The average Bonchev–Trinajstić information content (AvgIpc) is 2.63. The second kappa shape index (κ2) is 8.92. The molecule has 2 aromatic carbocycles. The smallest absolute Gasteiger partial charge is 0.256 e. The molecule has 0 aromatic heterocycles. The van der Waals surface area contributed by atoms with Crippen LogP contribution in [0.5, 0.6) is 0 Å². The van der Waals surface area contributed by atoms with Crippen LogP contribution in [-0.4, -0.2) is 47.8 Å². The summed E-state index contributed by atoms with van der Waals surface area (Å²) in [6, 6.07) is 14.3. The first kappa shape index (κ1) is 20.1. The predicted octanol–water partition coefficient (Wildman–Crippen LogP) is 2.87. The van der Waals surface area contributed by atoms with Crippen LogP contribution in [0.15, 0.2) is 48.5 Å². The molecule has 3 rings (SSSR count). The molecule has 1 fully saturated rings. The van der Waals surface area contributed by atoms with Crippen LogP contribution in [0.1, 0.15) is 15.9 Å². The highest BCUT2D eigenvalue weighted by Gasteiger charge is 2.25. The molecule has 138 valence electrons. The van der Waals surface area contributed by atoms with Crippen LogP contribution < -0.4 is 5.73 Å². The second-order valence-corrected chi connectivity index (χ2v) is 6.50. The molecule has 0 radical (unpaired) electrons. The van der Waals surface area contributed by atoms with E-state index in [-0.39, 0.29) is 24.2 Å². The van der Waals surface area contributed by atoms with E-state index >= 15 is 0 Å². The maximum Gasteiger partial charge on any atom is 0.256 e. The van der Waals surface area contributed by atoms with Crippen LogP contribution in [0, 0.1) is 0 Å². The Bertz CT molecular complexity index is 773. The first-order chi connectivity index (χ1) is 12.0. The Morgan fingerprint density at radius 3 is 2.12 bits per heavy atom. The zero-order valence-corrected chi connectivity index (χ0v) is 15.8. The number of carbonyl (C=O) groups excluding carboxylic acids is 2. The van der Waals surface area contributed by atoms with Crippen molar-refractivity contribution < 1.29 is 9.59 Å². The summed E-state index contributed by atoms with van der Waals surface area (Å²) in [5.74, 6) is -0.0171. The van der Waals surface area contributed by atoms with Gasteiger partial charge in [-0.05, 0) is 29.8 Å². The van der Waals surface area contributed by atoms with Gasteiger partial charge >= 0.3 is 0 Å². The summed E-state index contributed by atoms with van der Waals surface area (Å²) < 4.78 is 0. The quantitative estimate of drug-likeness (QED) is 0.815. The minimum absolute atomic E-state index is 0. The van der Waals surface area contributed by atoms with E-state index in [9.17, 15) is 9.59 Å². The third kappa shape index (κ3) is 4.68. The van der Waals surface area contributed by atoms with Crippen LogP contribution in [0.25, 0.3) is 0 Å². The number of hydrogen-bond acceptors (Lipinski definition) is 3. The van der Waals surface area contributed by atoms with Crippen LogP contribution in [0.2, 0.25) is 5.02 Å². The molecule has 5 nitrogen and oxygen atoms in total. The predicted molar refractivity (Wildman–Crippen MR) is 106 cm³/mol. The number of nitrogen functional groups attached to an aromatic ring is 1. The van der Waals surface area contributed by atoms with E-state index in [1.165, 1.54) is 0 Å². The molecule has 0 spiro atoms. The molecule has 1 aliphatic heterocycles. The fourth-order valence-electron chi connectivity index (χ4n) is 2.91. The normalized spacial score (nSPS) is 13.9. The Balaban J connectivity index is 0.00000243. The molecule has 2 aromatic rings. The number of amides is 2. The maximum absolute atomic E-state index is 12.5. The van der Waals surface area contributed by atoms with Crippen LogP contribution >= 0.6 is 24.0 Å². The van der Waals surface area contributed by atoms with E-state index in [4.69, 9.17) is 17.3 Å². The monoisotopic (exact) mass is 393 g/mol. The minimum Gasteiger partial charge on any atom is -0.398 e. The molecule has 7 heteroatoms. The number of hydrogen-bond donors (Lipinski definition) is 1. The zero-order valence-electron chi connectivity index (χ0n) is 14.2. The number of piperazine rings is 1. The van der Waals surface area contributed by atoms with E-state index < -0.39 is 0 Å². The largest absolute Gasteiger partial charge is 0.398 e. The standard InChI is InChI=1S/C19H20ClN3O2.ClH/c20-15-7-5-14(6-8-15)13-18(24)22-9-11-23(12-10-22)19(25)16-3-1-2-4-17(16)21;/h1-8H,9-13,21H2;1H. The van der Waals surface area contributed by atoms with Crippen molar-refractivity contribution >= 4 is 41.5 Å². The summed E-state index contributed by atoms with van der Waals surface area (Å²) in [5.41, 5.74) is 7.81. The Kier molecular flexibility index (Phi) is 6.89. The Hall–Kier alpha value is -2.24. The molecule has 2 N–H and O–H groups in total. The lowest BCUT2D eigenvalue weighted by Crippen LogP contribution is -2.51. The van der Waals surface area contributed by atoms with Gasteiger partial charge in [-0.2, -0.15) is 0 Å². The lowest BCUT2D eigenvalue weighted by Gasteiger charge is -2.35. The molecule has 0 aliphatic carbocycles. The van der Waals surface area contributed by atoms with Crippen molar-refractivity contribution in [2.45, 2.75) is 6.42 Å². The number of para-hydroxylation sites is 1. The van der Waals surface area contributed by atoms with Crippen molar-refractivity contribution in [3.8, 4) is 0 Å². The summed E-state index contributed by atoms with van der Waals surface area (Å²) in [6.45, 7) is 2.09. The Labute approximate surface area is 164 Å². The molecule has 1 aliphatic rings. The van der Waals surface area contributed by atoms with E-state index in [1.54, 1.807) is 46.2 Å². The van der Waals surface area contributed by atoms with Gasteiger partial charge in [0.15, 0.2) is 0 Å². The van der Waals surface area contributed by atoms with Crippen molar-refractivity contribution in [3.63, 3.8) is 0 Å². The van der Waals surface area contributed by atoms with Crippen LogP contribution in [-0.2, 0) is 11.2 Å². The number of rotatable bonds is 3. The van der Waals surface area contributed by atoms with Gasteiger partial charge in [-0.1, -0.05) is 35.9 Å². The van der Waals surface area contributed by atoms with E-state index in [0.717, 1.165) is 5.56 Å². The number of carbonyl (C=O) groups is 2. The highest BCUT2D eigenvalue weighted by Crippen LogP contribution is 2.16. The van der Waals surface area contributed by atoms with Crippen molar-refractivity contribution in [3.05, 3.63) is 64.7 Å². The minimum atomic E-state index is -0.0806. The van der Waals surface area contributed by atoms with Crippen LogP contribution in [0.4, 0.5) is 5.69 Å². The summed E-state index contributed by atoms with van der Waals surface area (Å²) in [5, 5.41) is 0.656. The first-order valence-corrected chi connectivity index (χ1v) is 8.58. The molecule has 1 heterocycles. The summed E-state index contributed by atoms with van der Waals surface area (Å²) in [7, 11) is 0. The molecule has 0 atom stereocenters. The molecular weight excluding hydrogens is 373 g/mol. The third-order valence-corrected chi connectivity index (χ3v) is 4.63. The zero-order chi connectivity index (χ0) is 17.8. The van der Waals surface area contributed by atoms with Crippen molar-refractivity contribution in [2.24, 2.45) is 0 Å².